The number of aryl methyl sites for hydroxylation is 2. The van der Waals surface area contributed by atoms with Gasteiger partial charge in [-0.15, -0.1) is 11.6 Å². The van der Waals surface area contributed by atoms with E-state index in [9.17, 15) is 0 Å². The largest absolute Gasteiger partial charge is 0.122 e. The second-order valence-corrected chi connectivity index (χ2v) is 3.34. The Bertz CT molecular complexity index is 267. The zero-order valence-electron chi connectivity index (χ0n) is 6.62. The van der Waals surface area contributed by atoms with Crippen molar-refractivity contribution in [2.45, 2.75) is 19.7 Å². The van der Waals surface area contributed by atoms with Crippen LogP contribution < -0.4 is 0 Å². The summed E-state index contributed by atoms with van der Waals surface area (Å²) in [6.07, 6.45) is 0. The van der Waals surface area contributed by atoms with Gasteiger partial charge in [0.1, 0.15) is 0 Å². The van der Waals surface area contributed by atoms with Gasteiger partial charge in [-0.2, -0.15) is 0 Å². The average molecular weight is 189 g/mol. The molecule has 0 amide bonds. The van der Waals surface area contributed by atoms with E-state index in [-0.39, 0.29) is 0 Å². The fraction of sp³-hybridized carbons (Fsp3) is 0.333. The van der Waals surface area contributed by atoms with Crippen LogP contribution in [0, 0.1) is 13.8 Å². The SMILES string of the molecule is Cc1cc(CCl)c(C)cc1Cl. The molecular weight excluding hydrogens is 179 g/mol. The standard InChI is InChI=1S/C9H10Cl2/c1-6-4-9(11)7(2)3-8(6)5-10/h3-4H,5H2,1-2H3. The molecule has 0 bridgehead atoms. The van der Waals surface area contributed by atoms with Crippen molar-refractivity contribution in [3.63, 3.8) is 0 Å². The molecular formula is C9H10Cl2. The number of hydrogen-bond donors (Lipinski definition) is 0. The Hall–Kier alpha value is -0.200. The first-order valence-electron chi connectivity index (χ1n) is 3.46. The van der Waals surface area contributed by atoms with Gasteiger partial charge >= 0.3 is 0 Å². The maximum absolute atomic E-state index is 5.90. The summed E-state index contributed by atoms with van der Waals surface area (Å²) < 4.78 is 0. The highest BCUT2D eigenvalue weighted by molar-refractivity contribution is 6.31. The zero-order chi connectivity index (χ0) is 8.43. The Kier molecular flexibility index (Phi) is 2.80. The summed E-state index contributed by atoms with van der Waals surface area (Å²) in [4.78, 5) is 0. The minimum absolute atomic E-state index is 0.559. The van der Waals surface area contributed by atoms with Crippen LogP contribution in [-0.4, -0.2) is 0 Å². The summed E-state index contributed by atoms with van der Waals surface area (Å²) in [7, 11) is 0. The van der Waals surface area contributed by atoms with E-state index in [1.807, 2.05) is 26.0 Å². The van der Waals surface area contributed by atoms with E-state index in [1.165, 1.54) is 0 Å². The van der Waals surface area contributed by atoms with E-state index < -0.39 is 0 Å². The normalized spacial score (nSPS) is 10.2. The van der Waals surface area contributed by atoms with Crippen LogP contribution in [0.5, 0.6) is 0 Å². The van der Waals surface area contributed by atoms with Crippen molar-refractivity contribution in [3.8, 4) is 0 Å². The van der Waals surface area contributed by atoms with Crippen LogP contribution in [0.3, 0.4) is 0 Å². The van der Waals surface area contributed by atoms with Gasteiger partial charge in [-0.05, 0) is 36.6 Å². The third kappa shape index (κ3) is 1.88. The lowest BCUT2D eigenvalue weighted by atomic mass is 10.1. The summed E-state index contributed by atoms with van der Waals surface area (Å²) in [6.45, 7) is 4.00. The summed E-state index contributed by atoms with van der Waals surface area (Å²) in [6, 6.07) is 3.99. The molecule has 0 aliphatic heterocycles. The third-order valence-corrected chi connectivity index (χ3v) is 2.46. The minimum Gasteiger partial charge on any atom is -0.122 e. The molecule has 0 spiro atoms. The second kappa shape index (κ2) is 3.46. The monoisotopic (exact) mass is 188 g/mol. The minimum atomic E-state index is 0.559. The van der Waals surface area contributed by atoms with Crippen molar-refractivity contribution in [3.05, 3.63) is 33.8 Å². The second-order valence-electron chi connectivity index (χ2n) is 2.66. The molecule has 0 heterocycles. The fourth-order valence-corrected chi connectivity index (χ4v) is 1.49. The Morgan fingerprint density at radius 2 is 1.82 bits per heavy atom. The van der Waals surface area contributed by atoms with Crippen molar-refractivity contribution < 1.29 is 0 Å². The van der Waals surface area contributed by atoms with Crippen LogP contribution in [0.15, 0.2) is 12.1 Å². The zero-order valence-corrected chi connectivity index (χ0v) is 8.13. The number of rotatable bonds is 1. The smallest absolute Gasteiger partial charge is 0.0476 e. The molecule has 0 atom stereocenters. The highest BCUT2D eigenvalue weighted by atomic mass is 35.5. The molecule has 0 fully saturated rings. The van der Waals surface area contributed by atoms with Crippen LogP contribution in [0.2, 0.25) is 5.02 Å². The fourth-order valence-electron chi connectivity index (χ4n) is 0.985. The van der Waals surface area contributed by atoms with Crippen LogP contribution >= 0.6 is 23.2 Å². The molecule has 1 aromatic rings. The van der Waals surface area contributed by atoms with E-state index >= 15 is 0 Å². The van der Waals surface area contributed by atoms with Crippen molar-refractivity contribution in [1.29, 1.82) is 0 Å². The van der Waals surface area contributed by atoms with Gasteiger partial charge in [-0.3, -0.25) is 0 Å². The highest BCUT2D eigenvalue weighted by Gasteiger charge is 2.00. The Morgan fingerprint density at radius 1 is 1.18 bits per heavy atom. The van der Waals surface area contributed by atoms with E-state index in [4.69, 9.17) is 23.2 Å². The Balaban J connectivity index is 3.21. The van der Waals surface area contributed by atoms with Crippen LogP contribution in [-0.2, 0) is 5.88 Å². The molecule has 0 saturated carbocycles. The maximum atomic E-state index is 5.90. The van der Waals surface area contributed by atoms with Crippen molar-refractivity contribution in [2.75, 3.05) is 0 Å². The molecule has 2 heteroatoms. The number of hydrogen-bond acceptors (Lipinski definition) is 0. The average Bonchev–Trinajstić information content (AvgIpc) is 1.97. The molecule has 0 N–H and O–H groups in total. The first kappa shape index (κ1) is 8.89. The van der Waals surface area contributed by atoms with E-state index in [1.54, 1.807) is 0 Å². The number of halogens is 2. The van der Waals surface area contributed by atoms with Crippen LogP contribution in [0.1, 0.15) is 16.7 Å². The van der Waals surface area contributed by atoms with Crippen molar-refractivity contribution in [2.24, 2.45) is 0 Å². The molecule has 0 aliphatic rings. The molecule has 60 valence electrons. The van der Waals surface area contributed by atoms with E-state index in [2.05, 4.69) is 0 Å². The van der Waals surface area contributed by atoms with Gasteiger partial charge in [0, 0.05) is 10.9 Å². The summed E-state index contributed by atoms with van der Waals surface area (Å²) in [5, 5.41) is 0.816. The first-order valence-corrected chi connectivity index (χ1v) is 4.38. The topological polar surface area (TPSA) is 0 Å². The third-order valence-electron chi connectivity index (χ3n) is 1.76. The van der Waals surface area contributed by atoms with Gasteiger partial charge in [-0.25, -0.2) is 0 Å². The van der Waals surface area contributed by atoms with Gasteiger partial charge < -0.3 is 0 Å². The maximum Gasteiger partial charge on any atom is 0.0476 e. The lowest BCUT2D eigenvalue weighted by Gasteiger charge is -2.04. The van der Waals surface area contributed by atoms with E-state index in [0.29, 0.717) is 5.88 Å². The summed E-state index contributed by atoms with van der Waals surface area (Å²) >= 11 is 11.6. The molecule has 11 heavy (non-hydrogen) atoms. The summed E-state index contributed by atoms with van der Waals surface area (Å²) in [5.74, 6) is 0.559. The van der Waals surface area contributed by atoms with Gasteiger partial charge in [0.15, 0.2) is 0 Å². The Labute approximate surface area is 77.1 Å². The summed E-state index contributed by atoms with van der Waals surface area (Å²) in [5.41, 5.74) is 3.41. The predicted molar refractivity (Wildman–Crippen MR) is 50.5 cm³/mol. The number of alkyl halides is 1. The quantitative estimate of drug-likeness (QED) is 0.591. The molecule has 0 saturated heterocycles. The number of benzene rings is 1. The lowest BCUT2D eigenvalue weighted by Crippen LogP contribution is -1.86. The van der Waals surface area contributed by atoms with Gasteiger partial charge in [0.2, 0.25) is 0 Å². The predicted octanol–water partition coefficient (Wildman–Crippen LogP) is 3.70. The molecule has 0 aromatic heterocycles. The van der Waals surface area contributed by atoms with Crippen molar-refractivity contribution in [1.82, 2.24) is 0 Å². The molecule has 0 aliphatic carbocycles. The van der Waals surface area contributed by atoms with E-state index in [0.717, 1.165) is 21.7 Å². The molecule has 0 nitrogen and oxygen atoms in total. The van der Waals surface area contributed by atoms with Crippen LogP contribution in [0.25, 0.3) is 0 Å². The van der Waals surface area contributed by atoms with Gasteiger partial charge in [0.05, 0.1) is 0 Å². The van der Waals surface area contributed by atoms with Gasteiger partial charge in [0.25, 0.3) is 0 Å². The van der Waals surface area contributed by atoms with Gasteiger partial charge in [-0.1, -0.05) is 17.7 Å². The van der Waals surface area contributed by atoms with Crippen LogP contribution in [0.4, 0.5) is 0 Å². The molecule has 0 radical (unpaired) electrons. The molecule has 1 rings (SSSR count). The molecule has 0 unspecified atom stereocenters. The first-order chi connectivity index (χ1) is 5.15. The Morgan fingerprint density at radius 3 is 2.36 bits per heavy atom. The highest BCUT2D eigenvalue weighted by Crippen LogP contribution is 2.21. The lowest BCUT2D eigenvalue weighted by molar-refractivity contribution is 1.27. The van der Waals surface area contributed by atoms with Crippen molar-refractivity contribution >= 4 is 23.2 Å². The molecule has 1 aromatic carbocycles.